The fourth-order valence-electron chi connectivity index (χ4n) is 2.12. The highest BCUT2D eigenvalue weighted by Gasteiger charge is 2.36. The lowest BCUT2D eigenvalue weighted by Gasteiger charge is -2.13. The van der Waals surface area contributed by atoms with Crippen LogP contribution in [0.3, 0.4) is 0 Å². The Morgan fingerprint density at radius 2 is 2.00 bits per heavy atom. The van der Waals surface area contributed by atoms with E-state index in [2.05, 4.69) is 10.3 Å². The third-order valence-corrected chi connectivity index (χ3v) is 3.06. The first kappa shape index (κ1) is 11.4. The van der Waals surface area contributed by atoms with Gasteiger partial charge in [-0.05, 0) is 12.1 Å². The molecular weight excluding hydrogens is 246 g/mol. The second-order valence-corrected chi connectivity index (χ2v) is 4.20. The molecule has 0 bridgehead atoms. The van der Waals surface area contributed by atoms with Crippen molar-refractivity contribution in [1.82, 2.24) is 19.9 Å². The molecule has 7 nitrogen and oxygen atoms in total. The molecule has 1 aromatic carbocycles. The van der Waals surface area contributed by atoms with Gasteiger partial charge in [0.25, 0.3) is 11.8 Å². The van der Waals surface area contributed by atoms with Crippen LogP contribution in [0.4, 0.5) is 5.69 Å². The Hall–Kier alpha value is -2.70. The molecule has 0 aliphatic carbocycles. The highest BCUT2D eigenvalue weighted by Crippen LogP contribution is 2.27. The number of nitrogens with two attached hydrogens (primary N) is 1. The SMILES string of the molecule is Nc1cccc2c1C(=O)N(CCn1ccnn1)C2=O. The number of benzene rings is 1. The van der Waals surface area contributed by atoms with Crippen molar-refractivity contribution in [2.45, 2.75) is 6.54 Å². The Kier molecular flexibility index (Phi) is 2.52. The number of carbonyl (C=O) groups excluding carboxylic acids is 2. The van der Waals surface area contributed by atoms with Crippen molar-refractivity contribution >= 4 is 17.5 Å². The molecule has 2 amide bonds. The van der Waals surface area contributed by atoms with Crippen LogP contribution in [0.5, 0.6) is 0 Å². The molecule has 2 N–H and O–H groups in total. The zero-order valence-electron chi connectivity index (χ0n) is 9.98. The van der Waals surface area contributed by atoms with Crippen LogP contribution in [0.25, 0.3) is 0 Å². The lowest BCUT2D eigenvalue weighted by atomic mass is 10.1. The fourth-order valence-corrected chi connectivity index (χ4v) is 2.12. The number of amides is 2. The number of hydrogen-bond acceptors (Lipinski definition) is 5. The van der Waals surface area contributed by atoms with Gasteiger partial charge in [-0.2, -0.15) is 0 Å². The maximum atomic E-state index is 12.2. The first-order valence-corrected chi connectivity index (χ1v) is 5.77. The van der Waals surface area contributed by atoms with Crippen molar-refractivity contribution in [3.8, 4) is 0 Å². The van der Waals surface area contributed by atoms with Crippen LogP contribution in [0, 0.1) is 0 Å². The van der Waals surface area contributed by atoms with Gasteiger partial charge in [0.2, 0.25) is 0 Å². The van der Waals surface area contributed by atoms with Crippen molar-refractivity contribution in [2.75, 3.05) is 12.3 Å². The summed E-state index contributed by atoms with van der Waals surface area (Å²) in [7, 11) is 0. The lowest BCUT2D eigenvalue weighted by Crippen LogP contribution is -2.33. The number of nitrogens with zero attached hydrogens (tertiary/aromatic N) is 4. The molecule has 3 rings (SSSR count). The Balaban J connectivity index is 1.84. The highest BCUT2D eigenvalue weighted by molar-refractivity contribution is 6.23. The van der Waals surface area contributed by atoms with Crippen molar-refractivity contribution in [3.63, 3.8) is 0 Å². The molecule has 19 heavy (non-hydrogen) atoms. The first-order valence-electron chi connectivity index (χ1n) is 5.77. The summed E-state index contributed by atoms with van der Waals surface area (Å²) in [4.78, 5) is 25.5. The summed E-state index contributed by atoms with van der Waals surface area (Å²) in [5, 5.41) is 7.45. The van der Waals surface area contributed by atoms with E-state index in [1.54, 1.807) is 35.3 Å². The molecule has 0 atom stereocenters. The van der Waals surface area contributed by atoms with Gasteiger partial charge in [-0.1, -0.05) is 11.3 Å². The minimum atomic E-state index is -0.349. The van der Waals surface area contributed by atoms with Gasteiger partial charge in [-0.3, -0.25) is 19.2 Å². The number of aromatic nitrogens is 3. The smallest absolute Gasteiger partial charge is 0.263 e. The molecule has 96 valence electrons. The highest BCUT2D eigenvalue weighted by atomic mass is 16.2. The van der Waals surface area contributed by atoms with Gasteiger partial charge < -0.3 is 5.73 Å². The van der Waals surface area contributed by atoms with Gasteiger partial charge in [0.05, 0.1) is 23.9 Å². The van der Waals surface area contributed by atoms with Crippen LogP contribution < -0.4 is 5.73 Å². The fraction of sp³-hybridized carbons (Fsp3) is 0.167. The standard InChI is InChI=1S/C12H11N5O2/c13-9-3-1-2-8-10(9)12(19)17(11(8)18)7-6-16-5-4-14-15-16/h1-5H,6-7,13H2. The minimum absolute atomic E-state index is 0.245. The molecule has 0 radical (unpaired) electrons. The predicted molar refractivity (Wildman–Crippen MR) is 66.2 cm³/mol. The van der Waals surface area contributed by atoms with Crippen LogP contribution in [0.1, 0.15) is 20.7 Å². The third kappa shape index (κ3) is 1.75. The summed E-state index contributed by atoms with van der Waals surface area (Å²) in [6.07, 6.45) is 3.22. The van der Waals surface area contributed by atoms with E-state index >= 15 is 0 Å². The Bertz CT molecular complexity index is 650. The van der Waals surface area contributed by atoms with Crippen LogP contribution in [-0.2, 0) is 6.54 Å². The van der Waals surface area contributed by atoms with Crippen LogP contribution >= 0.6 is 0 Å². The second-order valence-electron chi connectivity index (χ2n) is 4.20. The molecular formula is C12H11N5O2. The molecule has 0 saturated heterocycles. The summed E-state index contributed by atoms with van der Waals surface area (Å²) in [6, 6.07) is 4.90. The largest absolute Gasteiger partial charge is 0.398 e. The summed E-state index contributed by atoms with van der Waals surface area (Å²) in [5.41, 5.74) is 6.74. The minimum Gasteiger partial charge on any atom is -0.398 e. The Morgan fingerprint density at radius 1 is 1.16 bits per heavy atom. The van der Waals surface area contributed by atoms with E-state index < -0.39 is 0 Å². The van der Waals surface area contributed by atoms with Gasteiger partial charge >= 0.3 is 0 Å². The molecule has 1 aliphatic rings. The van der Waals surface area contributed by atoms with E-state index in [-0.39, 0.29) is 18.4 Å². The average molecular weight is 257 g/mol. The predicted octanol–water partition coefficient (Wildman–Crippen LogP) is 0.156. The number of rotatable bonds is 3. The van der Waals surface area contributed by atoms with Crippen LogP contribution in [0.2, 0.25) is 0 Å². The molecule has 0 unspecified atom stereocenters. The van der Waals surface area contributed by atoms with Gasteiger partial charge in [-0.15, -0.1) is 5.10 Å². The number of imide groups is 1. The first-order chi connectivity index (χ1) is 9.18. The zero-order chi connectivity index (χ0) is 13.4. The van der Waals surface area contributed by atoms with E-state index in [1.165, 1.54) is 4.90 Å². The summed E-state index contributed by atoms with van der Waals surface area (Å²) >= 11 is 0. The van der Waals surface area contributed by atoms with Crippen molar-refractivity contribution in [2.24, 2.45) is 0 Å². The Morgan fingerprint density at radius 3 is 2.68 bits per heavy atom. The summed E-state index contributed by atoms with van der Waals surface area (Å²) in [5.74, 6) is -0.661. The zero-order valence-corrected chi connectivity index (χ0v) is 9.98. The molecule has 0 spiro atoms. The number of carbonyl (C=O) groups is 2. The maximum absolute atomic E-state index is 12.2. The quantitative estimate of drug-likeness (QED) is 0.624. The second kappa shape index (κ2) is 4.20. The monoisotopic (exact) mass is 257 g/mol. The van der Waals surface area contributed by atoms with E-state index in [0.29, 0.717) is 23.4 Å². The Labute approximate surface area is 108 Å². The van der Waals surface area contributed by atoms with Gasteiger partial charge in [0.15, 0.2) is 0 Å². The van der Waals surface area contributed by atoms with Gasteiger partial charge in [0.1, 0.15) is 0 Å². The molecule has 2 aromatic rings. The number of nitrogen functional groups attached to an aromatic ring is 1. The van der Waals surface area contributed by atoms with E-state index in [9.17, 15) is 9.59 Å². The van der Waals surface area contributed by atoms with Crippen molar-refractivity contribution in [1.29, 1.82) is 0 Å². The van der Waals surface area contributed by atoms with Crippen molar-refractivity contribution < 1.29 is 9.59 Å². The summed E-state index contributed by atoms with van der Waals surface area (Å²) < 4.78 is 1.56. The van der Waals surface area contributed by atoms with E-state index in [1.807, 2.05) is 0 Å². The van der Waals surface area contributed by atoms with Gasteiger partial charge in [-0.25, -0.2) is 0 Å². The lowest BCUT2D eigenvalue weighted by molar-refractivity contribution is 0.0647. The van der Waals surface area contributed by atoms with Crippen LogP contribution in [-0.4, -0.2) is 38.3 Å². The maximum Gasteiger partial charge on any atom is 0.263 e. The summed E-state index contributed by atoms with van der Waals surface area (Å²) in [6.45, 7) is 0.653. The number of anilines is 1. The third-order valence-electron chi connectivity index (χ3n) is 3.06. The number of hydrogen-bond donors (Lipinski definition) is 1. The normalized spacial score (nSPS) is 14.0. The topological polar surface area (TPSA) is 94.1 Å². The number of fused-ring (bicyclic) bond motifs is 1. The van der Waals surface area contributed by atoms with Crippen LogP contribution in [0.15, 0.2) is 30.6 Å². The van der Waals surface area contributed by atoms with Crippen molar-refractivity contribution in [3.05, 3.63) is 41.7 Å². The molecule has 7 heteroatoms. The van der Waals surface area contributed by atoms with E-state index in [4.69, 9.17) is 5.73 Å². The molecule has 1 aliphatic heterocycles. The molecule has 2 heterocycles. The van der Waals surface area contributed by atoms with E-state index in [0.717, 1.165) is 0 Å². The molecule has 0 saturated carbocycles. The van der Waals surface area contributed by atoms with Gasteiger partial charge in [0, 0.05) is 18.4 Å². The molecule has 0 fully saturated rings. The average Bonchev–Trinajstić information content (AvgIpc) is 2.98. The molecule has 1 aromatic heterocycles.